The predicted molar refractivity (Wildman–Crippen MR) is 88.6 cm³/mol. The van der Waals surface area contributed by atoms with Crippen molar-refractivity contribution in [3.63, 3.8) is 0 Å². The highest BCUT2D eigenvalue weighted by Gasteiger charge is 2.50. The van der Waals surface area contributed by atoms with Crippen molar-refractivity contribution in [3.05, 3.63) is 33.2 Å². The number of thiazole rings is 2. The molecule has 0 spiro atoms. The van der Waals surface area contributed by atoms with E-state index in [1.54, 1.807) is 22.2 Å². The van der Waals surface area contributed by atoms with Crippen LogP contribution in [0.15, 0.2) is 22.5 Å². The van der Waals surface area contributed by atoms with Gasteiger partial charge in [0.05, 0.1) is 25.3 Å². The van der Waals surface area contributed by atoms with E-state index in [1.165, 1.54) is 11.3 Å². The number of carbonyl (C=O) groups is 1. The number of amides is 1. The van der Waals surface area contributed by atoms with Crippen LogP contribution in [-0.2, 0) is 11.3 Å². The molecule has 0 unspecified atom stereocenters. The number of nitrogens with one attached hydrogen (secondary N) is 1. The number of likely N-dealkylation sites (tertiary alicyclic amines) is 1. The summed E-state index contributed by atoms with van der Waals surface area (Å²) in [6.07, 6.45) is 1.85. The molecule has 6 nitrogen and oxygen atoms in total. The average Bonchev–Trinajstić information content (AvgIpc) is 3.29. The first kappa shape index (κ1) is 15.2. The molecule has 2 aromatic heterocycles. The quantitative estimate of drug-likeness (QED) is 0.885. The minimum atomic E-state index is -0.0929. The molecule has 2 saturated heterocycles. The van der Waals surface area contributed by atoms with Gasteiger partial charge in [0, 0.05) is 47.9 Å². The Morgan fingerprint density at radius 2 is 2.48 bits per heavy atom. The van der Waals surface area contributed by atoms with Crippen LogP contribution in [-0.4, -0.2) is 53.6 Å². The lowest BCUT2D eigenvalue weighted by Gasteiger charge is -2.27. The van der Waals surface area contributed by atoms with Crippen molar-refractivity contribution in [2.24, 2.45) is 11.3 Å². The Labute approximate surface area is 142 Å². The summed E-state index contributed by atoms with van der Waals surface area (Å²) in [6, 6.07) is 0. The number of ether oxygens (including phenoxy) is 1. The van der Waals surface area contributed by atoms with Crippen molar-refractivity contribution in [3.8, 4) is 0 Å². The van der Waals surface area contributed by atoms with Crippen LogP contribution in [0.1, 0.15) is 15.5 Å². The molecule has 2 aromatic rings. The third-order valence-corrected chi connectivity index (χ3v) is 6.05. The zero-order valence-electron chi connectivity index (χ0n) is 12.6. The second-order valence-corrected chi connectivity index (χ2v) is 7.92. The summed E-state index contributed by atoms with van der Waals surface area (Å²) in [5.74, 6) is 0.378. The number of nitrogens with zero attached hydrogens (tertiary/aromatic N) is 3. The Bertz CT molecular complexity index is 661. The van der Waals surface area contributed by atoms with E-state index in [2.05, 4.69) is 20.2 Å². The van der Waals surface area contributed by atoms with Crippen LogP contribution in [0, 0.1) is 11.3 Å². The van der Waals surface area contributed by atoms with Crippen LogP contribution >= 0.6 is 22.7 Å². The normalized spacial score (nSPS) is 27.2. The van der Waals surface area contributed by atoms with Crippen LogP contribution in [0.25, 0.3) is 0 Å². The number of carbonyl (C=O) groups excluding carboxylic acids is 1. The van der Waals surface area contributed by atoms with Crippen LogP contribution in [0.3, 0.4) is 0 Å². The lowest BCUT2D eigenvalue weighted by atomic mass is 9.81. The first-order chi connectivity index (χ1) is 11.3. The highest BCUT2D eigenvalue weighted by Crippen LogP contribution is 2.41. The van der Waals surface area contributed by atoms with E-state index >= 15 is 0 Å². The average molecular weight is 350 g/mol. The van der Waals surface area contributed by atoms with Crippen molar-refractivity contribution in [1.82, 2.24) is 20.2 Å². The molecule has 2 fully saturated rings. The zero-order chi connectivity index (χ0) is 15.7. The van der Waals surface area contributed by atoms with Gasteiger partial charge in [-0.15, -0.1) is 22.7 Å². The van der Waals surface area contributed by atoms with Crippen LogP contribution < -0.4 is 5.32 Å². The molecular weight excluding hydrogens is 332 g/mol. The molecule has 0 saturated carbocycles. The second-order valence-electron chi connectivity index (χ2n) is 6.23. The third kappa shape index (κ3) is 3.03. The molecule has 2 aliphatic heterocycles. The molecule has 122 valence electrons. The summed E-state index contributed by atoms with van der Waals surface area (Å²) >= 11 is 3.13. The fourth-order valence-corrected chi connectivity index (χ4v) is 4.70. The standard InChI is InChI=1S/C15H18N4O2S2/c20-14(12-6-22-10-18-12)17-7-15-8-19(3-11(15)5-21-9-15)4-13-16-1-2-23-13/h1-2,6,10-11H,3-5,7-9H2,(H,17,20)/t11-,15+/m0/s1. The van der Waals surface area contributed by atoms with Gasteiger partial charge in [0.1, 0.15) is 10.7 Å². The van der Waals surface area contributed by atoms with Gasteiger partial charge in [-0.1, -0.05) is 0 Å². The Morgan fingerprint density at radius 1 is 1.52 bits per heavy atom. The predicted octanol–water partition coefficient (Wildman–Crippen LogP) is 1.48. The first-order valence-electron chi connectivity index (χ1n) is 7.60. The molecule has 1 N–H and O–H groups in total. The molecule has 0 aromatic carbocycles. The molecule has 0 bridgehead atoms. The van der Waals surface area contributed by atoms with Crippen molar-refractivity contribution < 1.29 is 9.53 Å². The molecule has 4 rings (SSSR count). The van der Waals surface area contributed by atoms with E-state index in [0.29, 0.717) is 24.8 Å². The fourth-order valence-electron chi connectivity index (χ4n) is 3.51. The molecule has 2 aliphatic rings. The van der Waals surface area contributed by atoms with Crippen molar-refractivity contribution in [2.75, 3.05) is 32.8 Å². The topological polar surface area (TPSA) is 67.3 Å². The van der Waals surface area contributed by atoms with Crippen LogP contribution in [0.5, 0.6) is 0 Å². The number of hydrogen-bond acceptors (Lipinski definition) is 7. The Kier molecular flexibility index (Phi) is 4.14. The Balaban J connectivity index is 1.40. The van der Waals surface area contributed by atoms with E-state index in [0.717, 1.165) is 31.2 Å². The number of rotatable bonds is 5. The fraction of sp³-hybridized carbons (Fsp3) is 0.533. The molecule has 23 heavy (non-hydrogen) atoms. The number of aromatic nitrogens is 2. The third-order valence-electron chi connectivity index (χ3n) is 4.70. The summed E-state index contributed by atoms with van der Waals surface area (Å²) < 4.78 is 5.72. The first-order valence-corrected chi connectivity index (χ1v) is 9.42. The highest BCUT2D eigenvalue weighted by molar-refractivity contribution is 7.09. The lowest BCUT2D eigenvalue weighted by molar-refractivity contribution is 0.0900. The smallest absolute Gasteiger partial charge is 0.270 e. The van der Waals surface area contributed by atoms with Gasteiger partial charge >= 0.3 is 0 Å². The van der Waals surface area contributed by atoms with Gasteiger partial charge in [-0.05, 0) is 0 Å². The van der Waals surface area contributed by atoms with Gasteiger partial charge in [0.15, 0.2) is 0 Å². The largest absolute Gasteiger partial charge is 0.380 e. The SMILES string of the molecule is O=C(NC[C@@]12COC[C@@H]1CN(Cc1nccs1)C2)c1cscn1. The zero-order valence-corrected chi connectivity index (χ0v) is 14.2. The van der Waals surface area contributed by atoms with Crippen LogP contribution in [0.4, 0.5) is 0 Å². The minimum absolute atomic E-state index is 0.0168. The highest BCUT2D eigenvalue weighted by atomic mass is 32.1. The maximum Gasteiger partial charge on any atom is 0.270 e. The van der Waals surface area contributed by atoms with Gasteiger partial charge in [0.2, 0.25) is 0 Å². The summed E-state index contributed by atoms with van der Waals surface area (Å²) in [5.41, 5.74) is 2.20. The molecule has 4 heterocycles. The maximum absolute atomic E-state index is 12.2. The molecule has 0 aliphatic carbocycles. The van der Waals surface area contributed by atoms with Crippen molar-refractivity contribution in [2.45, 2.75) is 6.54 Å². The van der Waals surface area contributed by atoms with E-state index in [4.69, 9.17) is 4.74 Å². The van der Waals surface area contributed by atoms with Crippen LogP contribution in [0.2, 0.25) is 0 Å². The molecule has 2 atom stereocenters. The summed E-state index contributed by atoms with van der Waals surface area (Å²) in [7, 11) is 0. The molecule has 1 amide bonds. The Hall–Kier alpha value is -1.35. The number of fused-ring (bicyclic) bond motifs is 1. The van der Waals surface area contributed by atoms with E-state index in [1.807, 2.05) is 11.6 Å². The van der Waals surface area contributed by atoms with E-state index < -0.39 is 0 Å². The molecule has 8 heteroatoms. The van der Waals surface area contributed by atoms with Gasteiger partial charge in [0.25, 0.3) is 5.91 Å². The van der Waals surface area contributed by atoms with E-state index in [-0.39, 0.29) is 11.3 Å². The minimum Gasteiger partial charge on any atom is -0.380 e. The van der Waals surface area contributed by atoms with Crippen molar-refractivity contribution in [1.29, 1.82) is 0 Å². The number of hydrogen-bond donors (Lipinski definition) is 1. The molecular formula is C15H18N4O2S2. The summed E-state index contributed by atoms with van der Waals surface area (Å²) in [4.78, 5) is 23.0. The summed E-state index contributed by atoms with van der Waals surface area (Å²) in [6.45, 7) is 4.96. The summed E-state index contributed by atoms with van der Waals surface area (Å²) in [5, 5.41) is 7.99. The van der Waals surface area contributed by atoms with Crippen molar-refractivity contribution >= 4 is 28.6 Å². The van der Waals surface area contributed by atoms with Gasteiger partial charge in [-0.3, -0.25) is 9.69 Å². The van der Waals surface area contributed by atoms with Gasteiger partial charge < -0.3 is 10.1 Å². The van der Waals surface area contributed by atoms with E-state index in [9.17, 15) is 4.79 Å². The monoisotopic (exact) mass is 350 g/mol. The lowest BCUT2D eigenvalue weighted by Crippen LogP contribution is -2.43. The molecule has 0 radical (unpaired) electrons. The van der Waals surface area contributed by atoms with Gasteiger partial charge in [-0.25, -0.2) is 9.97 Å². The maximum atomic E-state index is 12.2. The Morgan fingerprint density at radius 3 is 3.26 bits per heavy atom. The van der Waals surface area contributed by atoms with Gasteiger partial charge in [-0.2, -0.15) is 0 Å². The second kappa shape index (κ2) is 6.27.